The van der Waals surface area contributed by atoms with E-state index < -0.39 is 45.1 Å². The van der Waals surface area contributed by atoms with Gasteiger partial charge in [0.05, 0.1) is 5.60 Å². The normalized spacial score (nSPS) is 11.9. The third kappa shape index (κ3) is 21.2. The summed E-state index contributed by atoms with van der Waals surface area (Å²) in [4.78, 5) is 0. The topological polar surface area (TPSA) is 29.5 Å². The van der Waals surface area contributed by atoms with Gasteiger partial charge in [0.1, 0.15) is 95.3 Å². The van der Waals surface area contributed by atoms with E-state index in [1.807, 2.05) is 19.8 Å². The first-order chi connectivity index (χ1) is 36.3. The monoisotopic (exact) mass is 1380 g/mol. The van der Waals surface area contributed by atoms with Gasteiger partial charge in [-0.05, 0) is 137 Å². The molecular formula is C63H63AuCuF6O2P5+4. The Morgan fingerprint density at radius 2 is 0.513 bits per heavy atom. The maximum atomic E-state index is 9.87. The Balaban J connectivity index is 0.000000568. The molecule has 0 unspecified atom stereocenters. The smallest absolute Gasteiger partial charge is 0.691 e. The molecule has 0 heterocycles. The molecule has 0 bridgehead atoms. The summed E-state index contributed by atoms with van der Waals surface area (Å²) in [6, 6.07) is 96.2. The Labute approximate surface area is 487 Å². The predicted molar refractivity (Wildman–Crippen MR) is 326 cm³/mol. The maximum absolute atomic E-state index is 10.7. The fourth-order valence-corrected chi connectivity index (χ4v) is 21.3. The molecule has 0 atom stereocenters. The van der Waals surface area contributed by atoms with Crippen molar-refractivity contribution < 1.29 is 74.5 Å². The quantitative estimate of drug-likeness (QED) is 0.0387. The van der Waals surface area contributed by atoms with Crippen molar-refractivity contribution >= 4 is 103 Å². The van der Waals surface area contributed by atoms with Crippen molar-refractivity contribution in [2.45, 2.75) is 33.3 Å². The molecule has 0 saturated carbocycles. The molecule has 0 radical (unpaired) electrons. The number of ether oxygens (including phenoxy) is 1. The molecule has 1 N–H and O–H groups in total. The van der Waals surface area contributed by atoms with E-state index >= 15 is 0 Å². The second-order valence-electron chi connectivity index (χ2n) is 17.8. The number of hydrogen-bond donors (Lipinski definition) is 1. The summed E-state index contributed by atoms with van der Waals surface area (Å²) in [5, 5.41) is 25.9. The number of hydrogen-bond acceptors (Lipinski definition) is 2. The number of aliphatic hydroxyl groups is 1. The zero-order chi connectivity index (χ0) is 54.7. The Bertz CT molecular complexity index is 2780. The Hall–Kier alpha value is -4.55. The van der Waals surface area contributed by atoms with Gasteiger partial charge in [-0.15, -0.1) is 0 Å². The second-order valence-corrected chi connectivity index (χ2v) is 29.4. The van der Waals surface area contributed by atoms with E-state index in [1.54, 1.807) is 0 Å². The first-order valence-corrected chi connectivity index (χ1v) is 32.7. The van der Waals surface area contributed by atoms with E-state index in [4.69, 9.17) is 16.3 Å². The van der Waals surface area contributed by atoms with Gasteiger partial charge in [0, 0.05) is 13.2 Å². The minimum atomic E-state index is -10.7. The van der Waals surface area contributed by atoms with E-state index in [0.717, 1.165) is 13.2 Å². The second kappa shape index (κ2) is 30.3. The number of halogens is 6. The fourth-order valence-electron chi connectivity index (χ4n) is 8.46. The average Bonchev–Trinajstić information content (AvgIpc) is 3.45. The summed E-state index contributed by atoms with van der Waals surface area (Å²) in [7, 11) is -16.5. The van der Waals surface area contributed by atoms with E-state index in [0.29, 0.717) is 0 Å². The van der Waals surface area contributed by atoms with Crippen molar-refractivity contribution in [1.29, 1.82) is 0 Å². The maximum Gasteiger partial charge on any atom is 1.00 e. The van der Waals surface area contributed by atoms with Crippen LogP contribution in [0.15, 0.2) is 255 Å². The summed E-state index contributed by atoms with van der Waals surface area (Å²) in [5.74, 6) is 1.91. The van der Waals surface area contributed by atoms with Crippen LogP contribution in [0.1, 0.15) is 27.7 Å². The Morgan fingerprint density at radius 3 is 0.641 bits per heavy atom. The molecule has 9 aromatic rings. The van der Waals surface area contributed by atoms with E-state index in [2.05, 4.69) is 255 Å². The molecule has 0 spiro atoms. The molecule has 412 valence electrons. The summed E-state index contributed by atoms with van der Waals surface area (Å²) in [5.41, 5.74) is -1.04. The summed E-state index contributed by atoms with van der Waals surface area (Å²) in [6.07, 6.45) is 6.35. The largest absolute Gasteiger partial charge is 1.00 e. The van der Waals surface area contributed by atoms with Crippen molar-refractivity contribution in [1.82, 2.24) is 0 Å². The molecule has 9 aromatic carbocycles. The molecule has 0 aromatic heterocycles. The van der Waals surface area contributed by atoms with E-state index in [1.165, 1.54) is 77.5 Å². The van der Waals surface area contributed by atoms with Crippen LogP contribution in [0.4, 0.5) is 25.2 Å². The van der Waals surface area contributed by atoms with Gasteiger partial charge >= 0.3 is 72.4 Å². The molecular weight excluding hydrogens is 1320 g/mol. The van der Waals surface area contributed by atoms with Crippen LogP contribution < -0.4 is 63.7 Å². The first kappa shape index (κ1) is 66.0. The van der Waals surface area contributed by atoms with Crippen LogP contribution in [0, 0.1) is 12.3 Å². The molecule has 78 heavy (non-hydrogen) atoms. The average molecular weight is 1380 g/mol. The van der Waals surface area contributed by atoms with Crippen LogP contribution in [0.2, 0.25) is 0 Å². The van der Waals surface area contributed by atoms with Crippen LogP contribution in [0.3, 0.4) is 0 Å². The SMILES string of the molecule is CCOCC.F[P-](F)(F)(F)(F)F.[Au+].[C-]#CC(C)(C)O.[Cu+].c1ccc([PH+](c2ccccc2)c2ccccc2[PH+](c2ccccc2[PH+](c2ccccc2)c2ccccc2)c2ccccc2[PH+](c2ccccc2)c2ccccc2)cc1. The third-order valence-electron chi connectivity index (χ3n) is 11.5. The number of benzene rings is 9. The third-order valence-corrected chi connectivity index (χ3v) is 23.5. The van der Waals surface area contributed by atoms with Gasteiger partial charge < -0.3 is 22.2 Å². The molecule has 0 saturated heterocycles. The molecule has 0 aliphatic heterocycles. The molecule has 0 fully saturated rings. The van der Waals surface area contributed by atoms with Crippen molar-refractivity contribution in [3.63, 3.8) is 0 Å². The number of rotatable bonds is 14. The summed E-state index contributed by atoms with van der Waals surface area (Å²) >= 11 is 0. The van der Waals surface area contributed by atoms with Gasteiger partial charge in [-0.2, -0.15) is 0 Å². The van der Waals surface area contributed by atoms with Crippen LogP contribution in [0.25, 0.3) is 0 Å². The fraction of sp³-hybridized carbons (Fsp3) is 0.111. The summed E-state index contributed by atoms with van der Waals surface area (Å²) in [6.45, 7) is 8.67. The van der Waals surface area contributed by atoms with Crippen molar-refractivity contribution in [2.24, 2.45) is 0 Å². The standard InChI is InChI=1S/C54H42P4.C5H7O.C4H10O.Au.Cu.F6P/c1-7-25-43(26-8-1)55(44-27-9-2-10-28-44)49-37-19-22-40-52(49)58(53-41-23-20-38-50(53)56(45-29-11-3-12-30-45)46-31-13-4-14-32-46)54-42-24-21-39-51(54)57(47-33-15-5-16-34-47)48-35-17-6-18-36-48;1-4-5(2,3)6;1-3-5-4-2;;;1-7(2,3,4,5)6/h1-42H;6H,2-3H3;3-4H2,1-2H3;;;/q;-1;;2*+1;-1/p+4. The van der Waals surface area contributed by atoms with Crippen molar-refractivity contribution in [2.75, 3.05) is 13.2 Å². The van der Waals surface area contributed by atoms with Gasteiger partial charge in [0.25, 0.3) is 0 Å². The van der Waals surface area contributed by atoms with Crippen LogP contribution in [-0.4, -0.2) is 23.9 Å². The zero-order valence-corrected chi connectivity index (χ0v) is 51.3. The van der Waals surface area contributed by atoms with Gasteiger partial charge in [0.2, 0.25) is 0 Å². The van der Waals surface area contributed by atoms with Crippen molar-refractivity contribution in [3.05, 3.63) is 261 Å². The molecule has 0 amide bonds. The zero-order valence-electron chi connectivity index (χ0n) is 43.3. The molecule has 15 heteroatoms. The summed E-state index contributed by atoms with van der Waals surface area (Å²) < 4.78 is 64.0. The van der Waals surface area contributed by atoms with Gasteiger partial charge in [0.15, 0.2) is 0 Å². The van der Waals surface area contributed by atoms with Crippen LogP contribution in [-0.2, 0) is 44.2 Å². The van der Waals surface area contributed by atoms with E-state index in [9.17, 15) is 25.2 Å². The minimum absolute atomic E-state index is 0. The minimum Gasteiger partial charge on any atom is -0.691 e. The van der Waals surface area contributed by atoms with E-state index in [-0.39, 0.29) is 39.4 Å². The molecule has 9 rings (SSSR count). The molecule has 2 nitrogen and oxygen atoms in total. The first-order valence-electron chi connectivity index (χ1n) is 24.7. The van der Waals surface area contributed by atoms with Crippen LogP contribution in [0.5, 0.6) is 0 Å². The Morgan fingerprint density at radius 1 is 0.372 bits per heavy atom. The Kier molecular flexibility index (Phi) is 25.6. The van der Waals surface area contributed by atoms with Crippen molar-refractivity contribution in [3.8, 4) is 5.92 Å². The van der Waals surface area contributed by atoms with Gasteiger partial charge in [-0.1, -0.05) is 146 Å². The predicted octanol–water partition coefficient (Wildman–Crippen LogP) is 12.4. The van der Waals surface area contributed by atoms with Gasteiger partial charge in [-0.25, -0.2) is 0 Å². The van der Waals surface area contributed by atoms with Gasteiger partial charge in [-0.3, -0.25) is 0 Å². The molecule has 0 aliphatic rings. The molecule has 0 aliphatic carbocycles. The van der Waals surface area contributed by atoms with Crippen LogP contribution >= 0.6 is 39.5 Å².